The Balaban J connectivity index is 2.10. The summed E-state index contributed by atoms with van der Waals surface area (Å²) in [6.07, 6.45) is 7.64. The van der Waals surface area contributed by atoms with Crippen molar-refractivity contribution in [3.63, 3.8) is 0 Å². The molecule has 1 aromatic rings. The van der Waals surface area contributed by atoms with Gasteiger partial charge in [-0.15, -0.1) is 0 Å². The van der Waals surface area contributed by atoms with Gasteiger partial charge < -0.3 is 11.1 Å². The lowest BCUT2D eigenvalue weighted by Gasteiger charge is -2.25. The first kappa shape index (κ1) is 11.1. The smallest absolute Gasteiger partial charge is 0.0379 e. The minimum atomic E-state index is 0.584. The Morgan fingerprint density at radius 2 is 1.94 bits per heavy atom. The molecule has 1 aliphatic heterocycles. The molecule has 3 N–H and O–H groups in total. The van der Waals surface area contributed by atoms with Crippen molar-refractivity contribution in [2.24, 2.45) is 0 Å². The zero-order valence-corrected chi connectivity index (χ0v) is 10.7. The topological polar surface area (TPSA) is 38.0 Å². The molecule has 2 aliphatic rings. The van der Waals surface area contributed by atoms with Crippen LogP contribution in [0, 0.1) is 6.92 Å². The van der Waals surface area contributed by atoms with Gasteiger partial charge in [0.1, 0.15) is 0 Å². The summed E-state index contributed by atoms with van der Waals surface area (Å²) in [7, 11) is 0. The molecular weight excluding hydrogens is 208 g/mol. The number of nitrogens with two attached hydrogens (primary N) is 1. The monoisotopic (exact) mass is 230 g/mol. The lowest BCUT2D eigenvalue weighted by Crippen LogP contribution is -2.18. The van der Waals surface area contributed by atoms with Gasteiger partial charge in [-0.05, 0) is 74.2 Å². The van der Waals surface area contributed by atoms with Crippen molar-refractivity contribution < 1.29 is 0 Å². The number of rotatable bonds is 1. The number of nitrogen functional groups attached to an aromatic ring is 1. The Labute approximate surface area is 104 Å². The third-order valence-electron chi connectivity index (χ3n) is 4.37. The van der Waals surface area contributed by atoms with E-state index in [9.17, 15) is 0 Å². The molecule has 0 radical (unpaired) electrons. The number of hydrogen-bond donors (Lipinski definition) is 2. The number of nitrogens with one attached hydrogen (secondary N) is 1. The molecule has 2 heteroatoms. The number of aryl methyl sites for hydroxylation is 1. The van der Waals surface area contributed by atoms with Crippen molar-refractivity contribution in [2.75, 3.05) is 12.3 Å². The van der Waals surface area contributed by atoms with Gasteiger partial charge in [0.2, 0.25) is 0 Å². The van der Waals surface area contributed by atoms with Crippen LogP contribution in [0.4, 0.5) is 5.69 Å². The fraction of sp³-hybridized carbons (Fsp3) is 0.600. The maximum absolute atomic E-state index is 6.25. The molecule has 0 unspecified atom stereocenters. The summed E-state index contributed by atoms with van der Waals surface area (Å²) in [5.41, 5.74) is 13.2. The van der Waals surface area contributed by atoms with Gasteiger partial charge in [0, 0.05) is 11.7 Å². The largest absolute Gasteiger partial charge is 0.398 e. The minimum absolute atomic E-state index is 0.584. The molecule has 17 heavy (non-hydrogen) atoms. The maximum atomic E-state index is 6.25. The van der Waals surface area contributed by atoms with Crippen LogP contribution in [0.25, 0.3) is 0 Å². The van der Waals surface area contributed by atoms with Crippen molar-refractivity contribution in [1.82, 2.24) is 5.32 Å². The van der Waals surface area contributed by atoms with Crippen LogP contribution in [0.2, 0.25) is 0 Å². The van der Waals surface area contributed by atoms with Gasteiger partial charge >= 0.3 is 0 Å². The Morgan fingerprint density at radius 3 is 2.65 bits per heavy atom. The molecule has 1 aromatic carbocycles. The van der Waals surface area contributed by atoms with Gasteiger partial charge in [-0.2, -0.15) is 0 Å². The molecule has 2 nitrogen and oxygen atoms in total. The summed E-state index contributed by atoms with van der Waals surface area (Å²) in [5.74, 6) is 0. The van der Waals surface area contributed by atoms with E-state index in [0.717, 1.165) is 5.69 Å². The van der Waals surface area contributed by atoms with Crippen LogP contribution in [0.3, 0.4) is 0 Å². The Morgan fingerprint density at radius 1 is 1.18 bits per heavy atom. The molecule has 0 saturated carbocycles. The first-order valence-electron chi connectivity index (χ1n) is 6.91. The summed E-state index contributed by atoms with van der Waals surface area (Å²) in [6, 6.07) is 2.92. The highest BCUT2D eigenvalue weighted by Crippen LogP contribution is 2.36. The van der Waals surface area contributed by atoms with Gasteiger partial charge in [-0.25, -0.2) is 0 Å². The van der Waals surface area contributed by atoms with E-state index in [1.54, 1.807) is 11.1 Å². The van der Waals surface area contributed by atoms with Crippen molar-refractivity contribution in [2.45, 2.75) is 51.5 Å². The molecule has 0 bridgehead atoms. The maximum Gasteiger partial charge on any atom is 0.0379 e. The fourth-order valence-corrected chi connectivity index (χ4v) is 3.42. The molecule has 1 aliphatic carbocycles. The molecule has 1 saturated heterocycles. The molecule has 92 valence electrons. The van der Waals surface area contributed by atoms with E-state index in [0.29, 0.717) is 6.04 Å². The highest BCUT2D eigenvalue weighted by molar-refractivity contribution is 5.60. The third kappa shape index (κ3) is 1.85. The summed E-state index contributed by atoms with van der Waals surface area (Å²) in [6.45, 7) is 3.32. The average molecular weight is 230 g/mol. The Hall–Kier alpha value is -1.02. The van der Waals surface area contributed by atoms with Crippen LogP contribution in [0.1, 0.15) is 54.0 Å². The van der Waals surface area contributed by atoms with E-state index in [-0.39, 0.29) is 0 Å². The number of benzene rings is 1. The van der Waals surface area contributed by atoms with Crippen LogP contribution in [-0.2, 0) is 12.8 Å². The van der Waals surface area contributed by atoms with E-state index >= 15 is 0 Å². The predicted octanol–water partition coefficient (Wildman–Crippen LogP) is 2.88. The normalized spacial score (nSPS) is 23.7. The van der Waals surface area contributed by atoms with Gasteiger partial charge in [0.15, 0.2) is 0 Å². The average Bonchev–Trinajstić information content (AvgIpc) is 2.87. The van der Waals surface area contributed by atoms with Gasteiger partial charge in [0.05, 0.1) is 0 Å². The summed E-state index contributed by atoms with van der Waals surface area (Å²) in [4.78, 5) is 0. The lowest BCUT2D eigenvalue weighted by molar-refractivity contribution is 0.616. The van der Waals surface area contributed by atoms with Gasteiger partial charge in [-0.1, -0.05) is 6.07 Å². The number of hydrogen-bond acceptors (Lipinski definition) is 2. The van der Waals surface area contributed by atoms with Crippen LogP contribution in [0.15, 0.2) is 6.07 Å². The third-order valence-corrected chi connectivity index (χ3v) is 4.37. The van der Waals surface area contributed by atoms with Crippen LogP contribution in [-0.4, -0.2) is 6.54 Å². The van der Waals surface area contributed by atoms with Crippen molar-refractivity contribution in [1.29, 1.82) is 0 Å². The molecule has 1 atom stereocenters. The molecular formula is C15H22N2. The minimum Gasteiger partial charge on any atom is -0.398 e. The fourth-order valence-electron chi connectivity index (χ4n) is 3.42. The van der Waals surface area contributed by atoms with Crippen LogP contribution >= 0.6 is 0 Å². The summed E-state index contributed by atoms with van der Waals surface area (Å²) >= 11 is 0. The summed E-state index contributed by atoms with van der Waals surface area (Å²) in [5, 5.41) is 3.63. The standard InChI is InChI=1S/C15H22N2/c1-10-9-13(14-7-4-8-17-14)11-5-2-3-6-12(11)15(10)16/h9,14,17H,2-8,16H2,1H3/t14-/m1/s1. The molecule has 3 rings (SSSR count). The second-order valence-electron chi connectivity index (χ2n) is 5.51. The molecule has 1 heterocycles. The van der Waals surface area contributed by atoms with E-state index in [1.165, 1.54) is 56.2 Å². The highest BCUT2D eigenvalue weighted by atomic mass is 14.9. The van der Waals surface area contributed by atoms with Gasteiger partial charge in [0.25, 0.3) is 0 Å². The van der Waals surface area contributed by atoms with Crippen LogP contribution in [0.5, 0.6) is 0 Å². The zero-order chi connectivity index (χ0) is 11.8. The number of fused-ring (bicyclic) bond motifs is 1. The molecule has 0 aromatic heterocycles. The highest BCUT2D eigenvalue weighted by Gasteiger charge is 2.24. The van der Waals surface area contributed by atoms with Crippen LogP contribution < -0.4 is 11.1 Å². The van der Waals surface area contributed by atoms with Crippen molar-refractivity contribution in [3.05, 3.63) is 28.3 Å². The Bertz CT molecular complexity index is 431. The SMILES string of the molecule is Cc1cc([C@H]2CCCN2)c2c(c1N)CCCC2. The number of anilines is 1. The van der Waals surface area contributed by atoms with Crippen molar-refractivity contribution >= 4 is 5.69 Å². The predicted molar refractivity (Wildman–Crippen MR) is 72.2 cm³/mol. The van der Waals surface area contributed by atoms with Crippen molar-refractivity contribution in [3.8, 4) is 0 Å². The van der Waals surface area contributed by atoms with Gasteiger partial charge in [-0.3, -0.25) is 0 Å². The van der Waals surface area contributed by atoms with E-state index < -0.39 is 0 Å². The second kappa shape index (κ2) is 4.34. The second-order valence-corrected chi connectivity index (χ2v) is 5.51. The Kier molecular flexibility index (Phi) is 2.83. The zero-order valence-electron chi connectivity index (χ0n) is 10.7. The molecule has 1 fully saturated rings. The van der Waals surface area contributed by atoms with E-state index in [1.807, 2.05) is 0 Å². The van der Waals surface area contributed by atoms with E-state index in [4.69, 9.17) is 5.73 Å². The van der Waals surface area contributed by atoms with E-state index in [2.05, 4.69) is 18.3 Å². The lowest BCUT2D eigenvalue weighted by atomic mass is 9.83. The molecule has 0 spiro atoms. The molecule has 0 amide bonds. The quantitative estimate of drug-likeness (QED) is 0.728. The summed E-state index contributed by atoms with van der Waals surface area (Å²) < 4.78 is 0. The first-order valence-corrected chi connectivity index (χ1v) is 6.91. The first-order chi connectivity index (χ1) is 8.27.